The highest BCUT2D eigenvalue weighted by Gasteiger charge is 2.18. The van der Waals surface area contributed by atoms with Gasteiger partial charge >= 0.3 is 0 Å². The quantitative estimate of drug-likeness (QED) is 0.240. The number of benzene rings is 1. The largest absolute Gasteiger partial charge is 0.303 e. The number of aryl methyl sites for hydroxylation is 3. The van der Waals surface area contributed by atoms with Crippen LogP contribution >= 0.6 is 0 Å². The van der Waals surface area contributed by atoms with Crippen molar-refractivity contribution < 1.29 is 0 Å². The number of fused-ring (bicyclic) bond motifs is 1. The van der Waals surface area contributed by atoms with Crippen LogP contribution in [0.4, 0.5) is 0 Å². The molecule has 3 heterocycles. The van der Waals surface area contributed by atoms with E-state index in [1.807, 2.05) is 33.2 Å². The zero-order chi connectivity index (χ0) is 29.6. The Hall–Kier alpha value is -3.98. The van der Waals surface area contributed by atoms with Gasteiger partial charge in [-0.25, -0.2) is 4.98 Å². The van der Waals surface area contributed by atoms with E-state index in [0.717, 1.165) is 34.6 Å². The molecule has 3 aromatic heterocycles. The molecule has 4 aromatic rings. The minimum Gasteiger partial charge on any atom is -0.303 e. The SMILES string of the molecule is C=CC.CC.CC1=CCCC=C1.Cc1ccc(-c2cc(-c3ccc(-n4c(C)cc5c4CCCC5)nc3)ccn2)cc1. The predicted molar refractivity (Wildman–Crippen MR) is 178 cm³/mol. The van der Waals surface area contributed by atoms with Crippen LogP contribution in [0, 0.1) is 13.8 Å². The first kappa shape index (κ1) is 31.5. The van der Waals surface area contributed by atoms with Gasteiger partial charge in [0.25, 0.3) is 0 Å². The molecule has 0 atom stereocenters. The van der Waals surface area contributed by atoms with E-state index in [4.69, 9.17) is 4.98 Å². The summed E-state index contributed by atoms with van der Waals surface area (Å²) in [6.45, 7) is 15.7. The van der Waals surface area contributed by atoms with Crippen LogP contribution in [0.15, 0.2) is 103 Å². The predicted octanol–water partition coefficient (Wildman–Crippen LogP) is 10.6. The van der Waals surface area contributed by atoms with E-state index in [0.29, 0.717) is 0 Å². The number of pyridine rings is 2. The van der Waals surface area contributed by atoms with Gasteiger partial charge in [0.2, 0.25) is 0 Å². The first-order valence-corrected chi connectivity index (χ1v) is 15.1. The van der Waals surface area contributed by atoms with Crippen molar-refractivity contribution in [2.24, 2.45) is 0 Å². The van der Waals surface area contributed by atoms with E-state index in [1.54, 1.807) is 6.08 Å². The molecule has 0 aliphatic heterocycles. The Kier molecular flexibility index (Phi) is 12.6. The van der Waals surface area contributed by atoms with Crippen LogP contribution in [0.3, 0.4) is 0 Å². The standard InChI is InChI=1S/C26H25N3.C7H10.C3H6.C2H6/c1-18-7-9-20(10-8-18)24-16-21(13-14-27-24)23-11-12-26(28-17-23)29-19(2)15-22-5-3-4-6-25(22)29;1-7-5-3-2-4-6-7;1-3-2;1-2/h7-17H,3-6H2,1-2H3;3,5-6H,2,4H2,1H3;3H,1H2,2H3;1-2H3. The molecule has 214 valence electrons. The lowest BCUT2D eigenvalue weighted by atomic mass is 9.98. The zero-order valence-electron chi connectivity index (χ0n) is 26.0. The summed E-state index contributed by atoms with van der Waals surface area (Å²) in [6.07, 6.45) is 19.7. The van der Waals surface area contributed by atoms with Crippen LogP contribution in [0.25, 0.3) is 28.2 Å². The Balaban J connectivity index is 0.000000326. The van der Waals surface area contributed by atoms with Crippen LogP contribution < -0.4 is 0 Å². The number of allylic oxidation sites excluding steroid dienone is 5. The fourth-order valence-electron chi connectivity index (χ4n) is 5.10. The molecule has 6 rings (SSSR count). The first-order valence-electron chi connectivity index (χ1n) is 15.1. The summed E-state index contributed by atoms with van der Waals surface area (Å²) < 4.78 is 2.34. The van der Waals surface area contributed by atoms with Gasteiger partial charge < -0.3 is 4.57 Å². The third-order valence-corrected chi connectivity index (χ3v) is 7.08. The minimum atomic E-state index is 0.988. The summed E-state index contributed by atoms with van der Waals surface area (Å²) in [6, 6.07) is 19.3. The summed E-state index contributed by atoms with van der Waals surface area (Å²) >= 11 is 0. The molecule has 0 N–H and O–H groups in total. The van der Waals surface area contributed by atoms with Crippen molar-refractivity contribution in [2.75, 3.05) is 0 Å². The summed E-state index contributed by atoms with van der Waals surface area (Å²) in [5.74, 6) is 1.02. The molecular formula is C38H47N3. The number of hydrogen-bond acceptors (Lipinski definition) is 2. The Morgan fingerprint density at radius 3 is 2.12 bits per heavy atom. The molecule has 0 unspecified atom stereocenters. The van der Waals surface area contributed by atoms with Gasteiger partial charge in [0, 0.05) is 34.9 Å². The number of nitrogens with zero attached hydrogens (tertiary/aromatic N) is 3. The van der Waals surface area contributed by atoms with Gasteiger partial charge in [0.05, 0.1) is 5.69 Å². The maximum absolute atomic E-state index is 4.82. The molecule has 0 fully saturated rings. The molecule has 3 nitrogen and oxygen atoms in total. The zero-order valence-corrected chi connectivity index (χ0v) is 26.0. The van der Waals surface area contributed by atoms with Gasteiger partial charge in [-0.1, -0.05) is 73.6 Å². The lowest BCUT2D eigenvalue weighted by Gasteiger charge is -2.16. The second kappa shape index (κ2) is 16.3. The molecule has 0 amide bonds. The first-order chi connectivity index (χ1) is 20.0. The molecule has 0 bridgehead atoms. The van der Waals surface area contributed by atoms with Crippen molar-refractivity contribution in [2.45, 2.75) is 80.1 Å². The Morgan fingerprint density at radius 1 is 0.805 bits per heavy atom. The van der Waals surface area contributed by atoms with Crippen molar-refractivity contribution in [3.63, 3.8) is 0 Å². The molecule has 3 heteroatoms. The summed E-state index contributed by atoms with van der Waals surface area (Å²) in [5, 5.41) is 0. The number of aromatic nitrogens is 3. The van der Waals surface area contributed by atoms with E-state index in [1.165, 1.54) is 60.2 Å². The summed E-state index contributed by atoms with van der Waals surface area (Å²) in [4.78, 5) is 9.38. The number of rotatable bonds is 3. The van der Waals surface area contributed by atoms with Gasteiger partial charge in [-0.15, -0.1) is 6.58 Å². The van der Waals surface area contributed by atoms with Crippen molar-refractivity contribution in [3.05, 3.63) is 126 Å². The highest BCUT2D eigenvalue weighted by molar-refractivity contribution is 5.70. The average molecular weight is 546 g/mol. The van der Waals surface area contributed by atoms with Crippen LogP contribution in [0.5, 0.6) is 0 Å². The van der Waals surface area contributed by atoms with Crippen LogP contribution in [-0.2, 0) is 12.8 Å². The third kappa shape index (κ3) is 8.75. The van der Waals surface area contributed by atoms with E-state index < -0.39 is 0 Å². The van der Waals surface area contributed by atoms with E-state index >= 15 is 0 Å². The second-order valence-corrected chi connectivity index (χ2v) is 10.3. The second-order valence-electron chi connectivity index (χ2n) is 10.3. The lowest BCUT2D eigenvalue weighted by molar-refractivity contribution is 0.659. The fourth-order valence-corrected chi connectivity index (χ4v) is 5.10. The molecule has 0 saturated heterocycles. The Morgan fingerprint density at radius 2 is 1.51 bits per heavy atom. The Bertz CT molecular complexity index is 1430. The van der Waals surface area contributed by atoms with Crippen LogP contribution in [0.1, 0.15) is 75.9 Å². The molecule has 1 aromatic carbocycles. The smallest absolute Gasteiger partial charge is 0.137 e. The summed E-state index contributed by atoms with van der Waals surface area (Å²) in [7, 11) is 0. The molecule has 0 spiro atoms. The van der Waals surface area contributed by atoms with E-state index in [-0.39, 0.29) is 0 Å². The summed E-state index contributed by atoms with van der Waals surface area (Å²) in [5.41, 5.74) is 11.3. The van der Waals surface area contributed by atoms with Crippen molar-refractivity contribution in [3.8, 4) is 28.2 Å². The molecule has 41 heavy (non-hydrogen) atoms. The van der Waals surface area contributed by atoms with Gasteiger partial charge in [-0.2, -0.15) is 0 Å². The van der Waals surface area contributed by atoms with Gasteiger partial charge in [-0.05, 0) is 108 Å². The number of hydrogen-bond donors (Lipinski definition) is 0. The Labute approximate surface area is 248 Å². The lowest BCUT2D eigenvalue weighted by Crippen LogP contribution is -2.08. The topological polar surface area (TPSA) is 30.7 Å². The molecule has 0 radical (unpaired) electrons. The monoisotopic (exact) mass is 545 g/mol. The highest BCUT2D eigenvalue weighted by Crippen LogP contribution is 2.29. The van der Waals surface area contributed by atoms with E-state index in [9.17, 15) is 0 Å². The minimum absolute atomic E-state index is 0.988. The van der Waals surface area contributed by atoms with Gasteiger partial charge in [0.1, 0.15) is 5.82 Å². The average Bonchev–Trinajstić information content (AvgIpc) is 3.35. The molecule has 2 aliphatic carbocycles. The van der Waals surface area contributed by atoms with Gasteiger partial charge in [0.15, 0.2) is 0 Å². The molecule has 2 aliphatic rings. The van der Waals surface area contributed by atoms with Crippen LogP contribution in [-0.4, -0.2) is 14.5 Å². The highest BCUT2D eigenvalue weighted by atomic mass is 15.1. The molecule has 0 saturated carbocycles. The van der Waals surface area contributed by atoms with Crippen LogP contribution in [0.2, 0.25) is 0 Å². The fraction of sp³-hybridized carbons (Fsp3) is 0.316. The maximum atomic E-state index is 4.82. The van der Waals surface area contributed by atoms with Crippen molar-refractivity contribution in [1.29, 1.82) is 0 Å². The van der Waals surface area contributed by atoms with Crippen molar-refractivity contribution >= 4 is 0 Å². The maximum Gasteiger partial charge on any atom is 0.137 e. The van der Waals surface area contributed by atoms with Gasteiger partial charge in [-0.3, -0.25) is 4.98 Å². The van der Waals surface area contributed by atoms with Crippen molar-refractivity contribution in [1.82, 2.24) is 14.5 Å². The van der Waals surface area contributed by atoms with E-state index in [2.05, 4.69) is 110 Å². The third-order valence-electron chi connectivity index (χ3n) is 7.08. The molecular weight excluding hydrogens is 498 g/mol. The normalized spacial score (nSPS) is 13.2.